The van der Waals surface area contributed by atoms with Crippen LogP contribution in [0.1, 0.15) is 12.0 Å². The zero-order valence-corrected chi connectivity index (χ0v) is 15.9. The monoisotopic (exact) mass is 444 g/mol. The highest BCUT2D eigenvalue weighted by Gasteiger charge is 2.32. The number of carboxylic acids is 1. The molecule has 132 valence electrons. The van der Waals surface area contributed by atoms with Crippen molar-refractivity contribution in [3.8, 4) is 5.75 Å². The number of rotatable bonds is 6. The van der Waals surface area contributed by atoms with E-state index in [4.69, 9.17) is 17.3 Å². The molecule has 1 heterocycles. The van der Waals surface area contributed by atoms with E-state index in [9.17, 15) is 19.5 Å². The minimum atomic E-state index is -1.14. The Morgan fingerprint density at radius 2 is 2.12 bits per heavy atom. The lowest BCUT2D eigenvalue weighted by atomic mass is 10.2. The fourth-order valence-corrected chi connectivity index (χ4v) is 3.63. The molecule has 0 unspecified atom stereocenters. The van der Waals surface area contributed by atoms with E-state index in [0.29, 0.717) is 14.8 Å². The molecule has 0 bridgehead atoms. The molecular formula is C15H13BrN2O5S2. The van der Waals surface area contributed by atoms with E-state index in [0.717, 1.165) is 16.2 Å². The number of aromatic hydroxyl groups is 1. The third-order valence-electron chi connectivity index (χ3n) is 3.15. The maximum atomic E-state index is 12.4. The lowest BCUT2D eigenvalue weighted by Gasteiger charge is -2.13. The van der Waals surface area contributed by atoms with Crippen LogP contribution in [-0.4, -0.2) is 50.3 Å². The molecule has 1 aromatic carbocycles. The number of hydrogen-bond acceptors (Lipinski definition) is 6. The Morgan fingerprint density at radius 1 is 1.40 bits per heavy atom. The number of phenols is 1. The van der Waals surface area contributed by atoms with Crippen molar-refractivity contribution in [3.05, 3.63) is 33.1 Å². The Labute approximate surface area is 161 Å². The predicted molar refractivity (Wildman–Crippen MR) is 101 cm³/mol. The first-order chi connectivity index (χ1) is 11.8. The summed E-state index contributed by atoms with van der Waals surface area (Å²) in [5.41, 5.74) is 0.467. The average molecular weight is 445 g/mol. The van der Waals surface area contributed by atoms with Crippen molar-refractivity contribution in [1.29, 1.82) is 0 Å². The normalized spacial score (nSPS) is 15.7. The zero-order chi connectivity index (χ0) is 18.6. The molecule has 0 radical (unpaired) electrons. The van der Waals surface area contributed by atoms with E-state index >= 15 is 0 Å². The molecule has 0 spiro atoms. The predicted octanol–water partition coefficient (Wildman–Crippen LogP) is 1.95. The van der Waals surface area contributed by atoms with Crippen LogP contribution in [0.3, 0.4) is 0 Å². The molecule has 3 N–H and O–H groups in total. The van der Waals surface area contributed by atoms with Gasteiger partial charge in [0, 0.05) is 23.0 Å². The van der Waals surface area contributed by atoms with Gasteiger partial charge in [-0.2, -0.15) is 0 Å². The number of nitrogens with zero attached hydrogens (tertiary/aromatic N) is 1. The summed E-state index contributed by atoms with van der Waals surface area (Å²) in [5.74, 6) is -1.96. The molecule has 0 aromatic heterocycles. The molecule has 1 aromatic rings. The molecule has 1 aliphatic heterocycles. The van der Waals surface area contributed by atoms with Crippen molar-refractivity contribution in [2.75, 3.05) is 13.1 Å². The molecule has 1 saturated heterocycles. The summed E-state index contributed by atoms with van der Waals surface area (Å²) in [6.07, 6.45) is 1.47. The number of phenolic OH excluding ortho intramolecular Hbond substituents is 1. The highest BCUT2D eigenvalue weighted by molar-refractivity contribution is 9.10. The summed E-state index contributed by atoms with van der Waals surface area (Å²) in [5, 5.41) is 20.6. The van der Waals surface area contributed by atoms with Crippen LogP contribution in [0.4, 0.5) is 0 Å². The molecule has 0 atom stereocenters. The Balaban J connectivity index is 2.04. The number of amides is 2. The minimum Gasteiger partial charge on any atom is -0.507 e. The SMILES string of the molecule is O=C(O)CNC(=O)CCN1C(=O)/C(=C/c2cc(Br)ccc2O)SC1=S. The quantitative estimate of drug-likeness (QED) is 0.454. The summed E-state index contributed by atoms with van der Waals surface area (Å²) in [4.78, 5) is 36.0. The first-order valence-corrected chi connectivity index (χ1v) is 9.02. The summed E-state index contributed by atoms with van der Waals surface area (Å²) in [7, 11) is 0. The van der Waals surface area contributed by atoms with Gasteiger partial charge in [0.15, 0.2) is 0 Å². The van der Waals surface area contributed by atoms with Crippen LogP contribution >= 0.6 is 39.9 Å². The average Bonchev–Trinajstić information content (AvgIpc) is 2.81. The van der Waals surface area contributed by atoms with Crippen LogP contribution in [-0.2, 0) is 14.4 Å². The van der Waals surface area contributed by atoms with Gasteiger partial charge in [-0.25, -0.2) is 0 Å². The molecule has 10 heteroatoms. The summed E-state index contributed by atoms with van der Waals surface area (Å²) < 4.78 is 1.05. The van der Waals surface area contributed by atoms with Gasteiger partial charge in [-0.15, -0.1) is 0 Å². The molecular weight excluding hydrogens is 432 g/mol. The number of carbonyl (C=O) groups is 3. The highest BCUT2D eigenvalue weighted by atomic mass is 79.9. The third kappa shape index (κ3) is 5.28. The maximum Gasteiger partial charge on any atom is 0.322 e. The molecule has 1 aliphatic rings. The van der Waals surface area contributed by atoms with Crippen molar-refractivity contribution >= 4 is 68.1 Å². The molecule has 2 rings (SSSR count). The Bertz CT molecular complexity index is 781. The second-order valence-electron chi connectivity index (χ2n) is 4.96. The van der Waals surface area contributed by atoms with Gasteiger partial charge in [-0.05, 0) is 24.3 Å². The third-order valence-corrected chi connectivity index (χ3v) is 5.02. The van der Waals surface area contributed by atoms with Crippen molar-refractivity contribution in [1.82, 2.24) is 10.2 Å². The second-order valence-corrected chi connectivity index (χ2v) is 7.55. The van der Waals surface area contributed by atoms with E-state index in [1.807, 2.05) is 0 Å². The fourth-order valence-electron chi connectivity index (χ4n) is 1.95. The smallest absolute Gasteiger partial charge is 0.322 e. The van der Waals surface area contributed by atoms with Crippen molar-refractivity contribution < 1.29 is 24.6 Å². The van der Waals surface area contributed by atoms with Crippen LogP contribution in [0.15, 0.2) is 27.6 Å². The van der Waals surface area contributed by atoms with E-state index in [2.05, 4.69) is 21.2 Å². The summed E-state index contributed by atoms with van der Waals surface area (Å²) >= 11 is 9.53. The lowest BCUT2D eigenvalue weighted by Crippen LogP contribution is -2.35. The Kier molecular flexibility index (Phi) is 6.57. The summed E-state index contributed by atoms with van der Waals surface area (Å²) in [6.45, 7) is -0.419. The number of thiocarbonyl (C=S) groups is 1. The van der Waals surface area contributed by atoms with Crippen LogP contribution in [0, 0.1) is 0 Å². The molecule has 2 amide bonds. The van der Waals surface area contributed by atoms with Crippen molar-refractivity contribution in [2.24, 2.45) is 0 Å². The van der Waals surface area contributed by atoms with Gasteiger partial charge in [0.2, 0.25) is 5.91 Å². The van der Waals surface area contributed by atoms with Gasteiger partial charge in [0.05, 0.1) is 4.91 Å². The van der Waals surface area contributed by atoms with E-state index in [1.165, 1.54) is 17.0 Å². The standard InChI is InChI=1S/C15H13BrN2O5S2/c16-9-1-2-10(19)8(5-9)6-11-14(23)18(15(24)25-11)4-3-12(20)17-7-13(21)22/h1-2,5-6,19H,3-4,7H2,(H,17,20)(H,21,22)/b11-6-. The topological polar surface area (TPSA) is 107 Å². The van der Waals surface area contributed by atoms with Crippen molar-refractivity contribution in [2.45, 2.75) is 6.42 Å². The minimum absolute atomic E-state index is 0.0292. The first kappa shape index (κ1) is 19.4. The number of thioether (sulfide) groups is 1. The molecule has 1 fully saturated rings. The van der Waals surface area contributed by atoms with Gasteiger partial charge in [-0.1, -0.05) is 39.9 Å². The van der Waals surface area contributed by atoms with Crippen LogP contribution in [0.2, 0.25) is 0 Å². The highest BCUT2D eigenvalue weighted by Crippen LogP contribution is 2.34. The lowest BCUT2D eigenvalue weighted by molar-refractivity contribution is -0.138. The van der Waals surface area contributed by atoms with Gasteiger partial charge in [0.1, 0.15) is 16.6 Å². The number of benzene rings is 1. The zero-order valence-electron chi connectivity index (χ0n) is 12.7. The van der Waals surface area contributed by atoms with Gasteiger partial charge in [-0.3, -0.25) is 19.3 Å². The van der Waals surface area contributed by atoms with E-state index in [-0.39, 0.29) is 24.6 Å². The Morgan fingerprint density at radius 3 is 2.80 bits per heavy atom. The number of carbonyl (C=O) groups excluding carboxylic acids is 2. The van der Waals surface area contributed by atoms with E-state index in [1.54, 1.807) is 12.1 Å². The van der Waals surface area contributed by atoms with Crippen LogP contribution in [0.25, 0.3) is 6.08 Å². The van der Waals surface area contributed by atoms with Gasteiger partial charge >= 0.3 is 5.97 Å². The van der Waals surface area contributed by atoms with Gasteiger partial charge < -0.3 is 15.5 Å². The molecule has 25 heavy (non-hydrogen) atoms. The van der Waals surface area contributed by atoms with E-state index < -0.39 is 18.4 Å². The molecule has 7 nitrogen and oxygen atoms in total. The van der Waals surface area contributed by atoms with Crippen molar-refractivity contribution in [3.63, 3.8) is 0 Å². The number of halogens is 1. The molecule has 0 saturated carbocycles. The summed E-state index contributed by atoms with van der Waals surface area (Å²) in [6, 6.07) is 4.85. The molecule has 0 aliphatic carbocycles. The number of nitrogens with one attached hydrogen (secondary N) is 1. The second kappa shape index (κ2) is 8.45. The van der Waals surface area contributed by atoms with Crippen LogP contribution < -0.4 is 5.32 Å². The fraction of sp³-hybridized carbons (Fsp3) is 0.200. The maximum absolute atomic E-state index is 12.4. The first-order valence-electron chi connectivity index (χ1n) is 7.00. The number of hydrogen-bond donors (Lipinski definition) is 3. The largest absolute Gasteiger partial charge is 0.507 e. The van der Waals surface area contributed by atoms with Gasteiger partial charge in [0.25, 0.3) is 5.91 Å². The Hall–Kier alpha value is -1.91. The number of carboxylic acid groups (broad SMARTS) is 1. The van der Waals surface area contributed by atoms with Crippen LogP contribution in [0.5, 0.6) is 5.75 Å². The number of aliphatic carboxylic acids is 1.